The fourth-order valence-corrected chi connectivity index (χ4v) is 1.71. The number of carbonyl (C=O) groups is 1. The molecule has 6 nitrogen and oxygen atoms in total. The molecule has 0 saturated heterocycles. The molecule has 2 aromatic heterocycles. The summed E-state index contributed by atoms with van der Waals surface area (Å²) in [6, 6.07) is 0. The summed E-state index contributed by atoms with van der Waals surface area (Å²) in [5.74, 6) is 0.270. The van der Waals surface area contributed by atoms with E-state index < -0.39 is 0 Å². The summed E-state index contributed by atoms with van der Waals surface area (Å²) in [7, 11) is 0. The summed E-state index contributed by atoms with van der Waals surface area (Å²) in [4.78, 5) is 23.8. The number of nitrogens with zero attached hydrogens (tertiary/aromatic N) is 3. The first kappa shape index (κ1) is 11.5. The molecule has 2 rings (SSSR count). The molecule has 0 spiro atoms. The highest BCUT2D eigenvalue weighted by atomic mass is 32.1. The van der Waals surface area contributed by atoms with E-state index in [1.165, 1.54) is 17.5 Å². The average Bonchev–Trinajstić information content (AvgIpc) is 2.83. The molecular formula is C10H11N5OS. The summed E-state index contributed by atoms with van der Waals surface area (Å²) in [5, 5.41) is 7.98. The maximum atomic E-state index is 11.8. The van der Waals surface area contributed by atoms with Crippen LogP contribution in [-0.4, -0.2) is 27.4 Å². The minimum atomic E-state index is -0.313. The maximum Gasteiger partial charge on any atom is 0.277 e. The molecule has 0 aliphatic rings. The smallest absolute Gasteiger partial charge is 0.277 e. The van der Waals surface area contributed by atoms with E-state index in [1.54, 1.807) is 17.8 Å². The lowest BCUT2D eigenvalue weighted by Crippen LogP contribution is -2.15. The Morgan fingerprint density at radius 2 is 2.35 bits per heavy atom. The van der Waals surface area contributed by atoms with Crippen molar-refractivity contribution < 1.29 is 4.79 Å². The van der Waals surface area contributed by atoms with Crippen LogP contribution in [-0.2, 0) is 0 Å². The molecule has 0 radical (unpaired) electrons. The molecule has 2 heterocycles. The Morgan fingerprint density at radius 3 is 3.06 bits per heavy atom. The van der Waals surface area contributed by atoms with Gasteiger partial charge in [-0.2, -0.15) is 0 Å². The van der Waals surface area contributed by atoms with Crippen molar-refractivity contribution in [3.05, 3.63) is 29.7 Å². The van der Waals surface area contributed by atoms with Crippen molar-refractivity contribution in [3.8, 4) is 0 Å². The van der Waals surface area contributed by atoms with Crippen LogP contribution in [0.25, 0.3) is 0 Å². The van der Waals surface area contributed by atoms with Gasteiger partial charge in [0.15, 0.2) is 5.13 Å². The molecule has 2 aromatic rings. The number of hydrogen-bond acceptors (Lipinski definition) is 6. The summed E-state index contributed by atoms with van der Waals surface area (Å²) in [6.45, 7) is 2.68. The fraction of sp³-hybridized carbons (Fsp3) is 0.200. The van der Waals surface area contributed by atoms with Crippen molar-refractivity contribution in [3.63, 3.8) is 0 Å². The van der Waals surface area contributed by atoms with Gasteiger partial charge in [0.2, 0.25) is 0 Å². The molecule has 0 aromatic carbocycles. The lowest BCUT2D eigenvalue weighted by Gasteiger charge is -2.04. The van der Waals surface area contributed by atoms with Crippen molar-refractivity contribution in [1.82, 2.24) is 15.0 Å². The summed E-state index contributed by atoms with van der Waals surface area (Å²) < 4.78 is 0. The zero-order valence-electron chi connectivity index (χ0n) is 9.17. The SMILES string of the molecule is CCNc1cncc(C(=O)Nc2nccs2)n1. The van der Waals surface area contributed by atoms with Gasteiger partial charge in [-0.05, 0) is 6.92 Å². The normalized spacial score (nSPS) is 9.94. The van der Waals surface area contributed by atoms with Crippen molar-refractivity contribution in [2.45, 2.75) is 6.92 Å². The molecule has 1 amide bonds. The highest BCUT2D eigenvalue weighted by Crippen LogP contribution is 2.11. The highest BCUT2D eigenvalue weighted by molar-refractivity contribution is 7.13. The third-order valence-corrected chi connectivity index (χ3v) is 2.57. The van der Waals surface area contributed by atoms with Gasteiger partial charge in [0.1, 0.15) is 11.5 Å². The van der Waals surface area contributed by atoms with Crippen LogP contribution in [0.1, 0.15) is 17.4 Å². The van der Waals surface area contributed by atoms with E-state index in [2.05, 4.69) is 25.6 Å². The van der Waals surface area contributed by atoms with Crippen LogP contribution in [0.15, 0.2) is 24.0 Å². The van der Waals surface area contributed by atoms with E-state index >= 15 is 0 Å². The number of thiazole rings is 1. The molecule has 0 aliphatic heterocycles. The van der Waals surface area contributed by atoms with Crippen molar-refractivity contribution in [2.75, 3.05) is 17.2 Å². The quantitative estimate of drug-likeness (QED) is 0.860. The van der Waals surface area contributed by atoms with Crippen LogP contribution in [0.2, 0.25) is 0 Å². The van der Waals surface area contributed by atoms with Gasteiger partial charge < -0.3 is 5.32 Å². The third-order valence-electron chi connectivity index (χ3n) is 1.88. The largest absolute Gasteiger partial charge is 0.369 e. The Hall–Kier alpha value is -2.02. The van der Waals surface area contributed by atoms with Crippen LogP contribution >= 0.6 is 11.3 Å². The van der Waals surface area contributed by atoms with E-state index in [-0.39, 0.29) is 11.6 Å². The standard InChI is InChI=1S/C10H11N5OS/c1-2-12-8-6-11-5-7(14-8)9(16)15-10-13-3-4-17-10/h3-6H,2H2,1H3,(H,12,14)(H,13,15,16). The average molecular weight is 249 g/mol. The second-order valence-electron chi connectivity index (χ2n) is 3.11. The molecule has 0 aliphatic carbocycles. The highest BCUT2D eigenvalue weighted by Gasteiger charge is 2.10. The predicted molar refractivity (Wildman–Crippen MR) is 66.3 cm³/mol. The van der Waals surface area contributed by atoms with E-state index in [9.17, 15) is 4.79 Å². The molecule has 2 N–H and O–H groups in total. The Bertz CT molecular complexity index is 499. The Kier molecular flexibility index (Phi) is 3.61. The van der Waals surface area contributed by atoms with Crippen molar-refractivity contribution in [2.24, 2.45) is 0 Å². The number of hydrogen-bond donors (Lipinski definition) is 2. The van der Waals surface area contributed by atoms with Crippen LogP contribution in [0.5, 0.6) is 0 Å². The molecule has 7 heteroatoms. The molecular weight excluding hydrogens is 238 g/mol. The van der Waals surface area contributed by atoms with Gasteiger partial charge >= 0.3 is 0 Å². The van der Waals surface area contributed by atoms with E-state index in [0.717, 1.165) is 6.54 Å². The topological polar surface area (TPSA) is 79.8 Å². The van der Waals surface area contributed by atoms with Gasteiger partial charge in [0.25, 0.3) is 5.91 Å². The predicted octanol–water partition coefficient (Wildman–Crippen LogP) is 1.62. The zero-order chi connectivity index (χ0) is 12.1. The molecule has 88 valence electrons. The van der Waals surface area contributed by atoms with Gasteiger partial charge in [-0.3, -0.25) is 15.1 Å². The summed E-state index contributed by atoms with van der Waals surface area (Å²) >= 11 is 1.35. The number of aromatic nitrogens is 3. The van der Waals surface area contributed by atoms with E-state index in [0.29, 0.717) is 10.9 Å². The summed E-state index contributed by atoms with van der Waals surface area (Å²) in [6.07, 6.45) is 4.62. The van der Waals surface area contributed by atoms with Gasteiger partial charge in [-0.15, -0.1) is 11.3 Å². The van der Waals surface area contributed by atoms with Crippen LogP contribution in [0, 0.1) is 0 Å². The molecule has 17 heavy (non-hydrogen) atoms. The Morgan fingerprint density at radius 1 is 1.47 bits per heavy atom. The minimum absolute atomic E-state index is 0.263. The van der Waals surface area contributed by atoms with Crippen molar-refractivity contribution in [1.29, 1.82) is 0 Å². The number of nitrogens with one attached hydrogen (secondary N) is 2. The van der Waals surface area contributed by atoms with Gasteiger partial charge in [0, 0.05) is 18.1 Å². The first-order valence-electron chi connectivity index (χ1n) is 5.06. The zero-order valence-corrected chi connectivity index (χ0v) is 9.99. The third kappa shape index (κ3) is 2.97. The molecule has 0 saturated carbocycles. The lowest BCUT2D eigenvalue weighted by atomic mass is 10.4. The molecule has 0 fully saturated rings. The Balaban J connectivity index is 2.11. The van der Waals surface area contributed by atoms with Crippen LogP contribution < -0.4 is 10.6 Å². The lowest BCUT2D eigenvalue weighted by molar-refractivity contribution is 0.102. The number of carbonyl (C=O) groups excluding carboxylic acids is 1. The first-order chi connectivity index (χ1) is 8.29. The minimum Gasteiger partial charge on any atom is -0.369 e. The second kappa shape index (κ2) is 5.35. The fourth-order valence-electron chi connectivity index (χ4n) is 1.19. The van der Waals surface area contributed by atoms with Crippen LogP contribution in [0.3, 0.4) is 0 Å². The maximum absolute atomic E-state index is 11.8. The monoisotopic (exact) mass is 249 g/mol. The number of rotatable bonds is 4. The molecule has 0 unspecified atom stereocenters. The Labute approximate surface area is 102 Å². The number of anilines is 2. The van der Waals surface area contributed by atoms with Gasteiger partial charge in [0.05, 0.1) is 12.4 Å². The number of amides is 1. The second-order valence-corrected chi connectivity index (χ2v) is 4.01. The van der Waals surface area contributed by atoms with Gasteiger partial charge in [-0.25, -0.2) is 9.97 Å². The van der Waals surface area contributed by atoms with Crippen LogP contribution in [0.4, 0.5) is 10.9 Å². The van der Waals surface area contributed by atoms with E-state index in [4.69, 9.17) is 0 Å². The summed E-state index contributed by atoms with van der Waals surface area (Å²) in [5.41, 5.74) is 0.263. The van der Waals surface area contributed by atoms with Gasteiger partial charge in [-0.1, -0.05) is 0 Å². The first-order valence-corrected chi connectivity index (χ1v) is 5.94. The van der Waals surface area contributed by atoms with Crippen molar-refractivity contribution >= 4 is 28.2 Å². The molecule has 0 bridgehead atoms. The molecule has 0 atom stereocenters. The van der Waals surface area contributed by atoms with E-state index in [1.807, 2.05) is 6.92 Å².